The third kappa shape index (κ3) is 7.26. The molecule has 0 aromatic rings. The fraction of sp³-hybridized carbons (Fsp3) is 0.600. The maximum absolute atomic E-state index is 11.1. The van der Waals surface area contributed by atoms with E-state index in [0.717, 1.165) is 12.8 Å². The Morgan fingerprint density at radius 2 is 1.80 bits per heavy atom. The Bertz CT molecular complexity index is 202. The van der Waals surface area contributed by atoms with Gasteiger partial charge in [-0.25, -0.2) is 4.79 Å². The van der Waals surface area contributed by atoms with E-state index in [0.29, 0.717) is 6.42 Å². The van der Waals surface area contributed by atoms with E-state index >= 15 is 0 Å². The summed E-state index contributed by atoms with van der Waals surface area (Å²) in [6.45, 7) is 2.00. The Kier molecular flexibility index (Phi) is 15.0. The summed E-state index contributed by atoms with van der Waals surface area (Å²) in [5.74, 6) is -0.881. The molecule has 0 saturated carbocycles. The molecule has 0 rings (SSSR count). The molecule has 0 saturated heterocycles. The van der Waals surface area contributed by atoms with Crippen LogP contribution in [0.1, 0.15) is 26.2 Å². The predicted octanol–water partition coefficient (Wildman–Crippen LogP) is 2.21. The van der Waals surface area contributed by atoms with Crippen molar-refractivity contribution in [1.29, 1.82) is 0 Å². The van der Waals surface area contributed by atoms with Crippen LogP contribution in [0.25, 0.3) is 0 Å². The molecule has 4 nitrogen and oxygen atoms in total. The zero-order valence-electron chi connectivity index (χ0n) is 9.61. The number of aliphatic hydroxyl groups excluding tert-OH is 1. The van der Waals surface area contributed by atoms with Gasteiger partial charge >= 0.3 is 5.97 Å². The third-order valence-corrected chi connectivity index (χ3v) is 1.66. The average Bonchev–Trinajstić information content (AvgIpc) is 2.17. The van der Waals surface area contributed by atoms with Gasteiger partial charge in [0.1, 0.15) is 5.57 Å². The molecule has 0 bridgehead atoms. The van der Waals surface area contributed by atoms with Crippen LogP contribution >= 0.6 is 0 Å². The molecule has 0 radical (unpaired) electrons. The second kappa shape index (κ2) is 11.4. The minimum Gasteiger partial charge on any atom is -0.481 e. The molecule has 94 valence electrons. The Morgan fingerprint density at radius 3 is 2.13 bits per heavy atom. The molecule has 0 heterocycles. The van der Waals surface area contributed by atoms with E-state index in [4.69, 9.17) is 0 Å². The summed E-state index contributed by atoms with van der Waals surface area (Å²) in [5.41, 5.74) is 0.201. The number of rotatable bonds is 5. The van der Waals surface area contributed by atoms with E-state index in [1.165, 1.54) is 14.2 Å². The molecule has 0 amide bonds. The van der Waals surface area contributed by atoms with Gasteiger partial charge in [-0.2, -0.15) is 0 Å². The van der Waals surface area contributed by atoms with Crippen LogP contribution in [0, 0.1) is 7.43 Å². The van der Waals surface area contributed by atoms with Gasteiger partial charge in [0, 0.05) is 16.5 Å². The third-order valence-electron chi connectivity index (χ3n) is 1.66. The van der Waals surface area contributed by atoms with Gasteiger partial charge in [0.2, 0.25) is 0 Å². The molecule has 15 heavy (non-hydrogen) atoms. The number of carbonyl (C=O) groups excluding carboxylic acids is 1. The van der Waals surface area contributed by atoms with Crippen LogP contribution < -0.4 is 0 Å². The Hall–Kier alpha value is -0.696. The molecular formula is C10H19NiO4-. The Labute approximate surface area is 102 Å². The number of methoxy groups -OCH3 is 2. The first-order valence-corrected chi connectivity index (χ1v) is 4.21. The van der Waals surface area contributed by atoms with Crippen molar-refractivity contribution in [2.24, 2.45) is 0 Å². The maximum Gasteiger partial charge on any atom is 0.340 e. The zero-order chi connectivity index (χ0) is 10.3. The molecule has 0 aliphatic heterocycles. The number of ether oxygens (including phenoxy) is 2. The van der Waals surface area contributed by atoms with Gasteiger partial charge in [-0.05, 0) is 12.8 Å². The molecule has 5 heteroatoms. The second-order valence-corrected chi connectivity index (χ2v) is 2.58. The SMILES string of the molecule is CCCC/C(C(=O)OC)=C(\O)OC.[CH3-].[Ni]. The normalized spacial score (nSPS) is 10.3. The summed E-state index contributed by atoms with van der Waals surface area (Å²) in [5, 5.41) is 9.20. The van der Waals surface area contributed by atoms with E-state index in [2.05, 4.69) is 9.47 Å². The molecule has 0 aromatic carbocycles. The number of hydrogen-bond donors (Lipinski definition) is 1. The van der Waals surface area contributed by atoms with E-state index < -0.39 is 5.97 Å². The van der Waals surface area contributed by atoms with Crippen molar-refractivity contribution >= 4 is 5.97 Å². The monoisotopic (exact) mass is 261 g/mol. The number of hydrogen-bond acceptors (Lipinski definition) is 4. The van der Waals surface area contributed by atoms with Crippen molar-refractivity contribution in [3.05, 3.63) is 18.9 Å². The van der Waals surface area contributed by atoms with Crippen LogP contribution in [0.3, 0.4) is 0 Å². The summed E-state index contributed by atoms with van der Waals surface area (Å²) in [6.07, 6.45) is 2.23. The summed E-state index contributed by atoms with van der Waals surface area (Å²) < 4.78 is 9.06. The molecule has 0 atom stereocenters. The molecule has 0 aliphatic rings. The minimum absolute atomic E-state index is 0. The summed E-state index contributed by atoms with van der Waals surface area (Å²) in [6, 6.07) is 0. The number of carbonyl (C=O) groups is 1. The Morgan fingerprint density at radius 1 is 1.27 bits per heavy atom. The number of unbranched alkanes of at least 4 members (excludes halogenated alkanes) is 1. The van der Waals surface area contributed by atoms with Crippen LogP contribution in [0.15, 0.2) is 11.5 Å². The van der Waals surface area contributed by atoms with E-state index in [-0.39, 0.29) is 35.4 Å². The van der Waals surface area contributed by atoms with Crippen LogP contribution in [0.2, 0.25) is 0 Å². The van der Waals surface area contributed by atoms with Crippen molar-refractivity contribution in [2.45, 2.75) is 26.2 Å². The topological polar surface area (TPSA) is 55.8 Å². The van der Waals surface area contributed by atoms with Gasteiger partial charge in [-0.1, -0.05) is 13.3 Å². The van der Waals surface area contributed by atoms with Gasteiger partial charge < -0.3 is 22.0 Å². The zero-order valence-corrected chi connectivity index (χ0v) is 10.6. The van der Waals surface area contributed by atoms with E-state index in [9.17, 15) is 9.90 Å². The maximum atomic E-state index is 11.1. The van der Waals surface area contributed by atoms with Gasteiger partial charge in [0.25, 0.3) is 5.95 Å². The molecular weight excluding hydrogens is 243 g/mol. The first kappa shape index (κ1) is 19.8. The van der Waals surface area contributed by atoms with Gasteiger partial charge in [0.05, 0.1) is 14.2 Å². The fourth-order valence-electron chi connectivity index (χ4n) is 0.896. The molecule has 0 spiro atoms. The van der Waals surface area contributed by atoms with Crippen LogP contribution in [0.4, 0.5) is 0 Å². The van der Waals surface area contributed by atoms with Crippen LogP contribution in [-0.4, -0.2) is 25.3 Å². The largest absolute Gasteiger partial charge is 0.481 e. The second-order valence-electron chi connectivity index (χ2n) is 2.58. The van der Waals surface area contributed by atoms with Crippen LogP contribution in [-0.2, 0) is 30.8 Å². The first-order valence-electron chi connectivity index (χ1n) is 4.21. The van der Waals surface area contributed by atoms with E-state index in [1.807, 2.05) is 6.92 Å². The Balaban J connectivity index is -0.000000720. The van der Waals surface area contributed by atoms with Gasteiger partial charge in [0.15, 0.2) is 0 Å². The number of aliphatic hydroxyl groups is 1. The minimum atomic E-state index is -0.534. The molecule has 0 aromatic heterocycles. The van der Waals surface area contributed by atoms with Gasteiger partial charge in [-0.15, -0.1) is 0 Å². The smallest absolute Gasteiger partial charge is 0.340 e. The van der Waals surface area contributed by atoms with Gasteiger partial charge in [-0.3, -0.25) is 0 Å². The van der Waals surface area contributed by atoms with Crippen molar-refractivity contribution in [3.63, 3.8) is 0 Å². The van der Waals surface area contributed by atoms with Crippen molar-refractivity contribution in [2.75, 3.05) is 14.2 Å². The molecule has 0 fully saturated rings. The van der Waals surface area contributed by atoms with E-state index in [1.54, 1.807) is 0 Å². The quantitative estimate of drug-likeness (QED) is 0.271. The fourth-order valence-corrected chi connectivity index (χ4v) is 0.896. The van der Waals surface area contributed by atoms with Crippen LogP contribution in [0.5, 0.6) is 0 Å². The number of esters is 1. The van der Waals surface area contributed by atoms with Crippen molar-refractivity contribution in [3.8, 4) is 0 Å². The predicted molar refractivity (Wildman–Crippen MR) is 54.6 cm³/mol. The average molecular weight is 262 g/mol. The summed E-state index contributed by atoms with van der Waals surface area (Å²) in [7, 11) is 2.58. The standard InChI is InChI=1S/C9H16O4.CH3.Ni/c1-4-5-6-7(8(10)12-2)9(11)13-3;;/h10H,4-6H2,1-3H3;1H3;/q;-1;/b8-7-;;. The molecule has 0 unspecified atom stereocenters. The summed E-state index contributed by atoms with van der Waals surface area (Å²) in [4.78, 5) is 11.1. The summed E-state index contributed by atoms with van der Waals surface area (Å²) >= 11 is 0. The van der Waals surface area contributed by atoms with Crippen molar-refractivity contribution in [1.82, 2.24) is 0 Å². The van der Waals surface area contributed by atoms with Crippen molar-refractivity contribution < 1.29 is 35.9 Å². The first-order chi connectivity index (χ1) is 6.17. The molecule has 0 aliphatic carbocycles. The molecule has 1 N–H and O–H groups in total.